The number of nitrogens with one attached hydrogen (secondary N) is 1. The minimum Gasteiger partial charge on any atom is -0.490 e. The van der Waals surface area contributed by atoms with E-state index in [0.29, 0.717) is 24.3 Å². The summed E-state index contributed by atoms with van der Waals surface area (Å²) in [5.41, 5.74) is 1.09. The Hall–Kier alpha value is -2.94. The van der Waals surface area contributed by atoms with E-state index in [0.717, 1.165) is 43.7 Å². The predicted molar refractivity (Wildman–Crippen MR) is 122 cm³/mol. The Morgan fingerprint density at radius 3 is 2.59 bits per heavy atom. The van der Waals surface area contributed by atoms with E-state index in [4.69, 9.17) is 9.47 Å². The van der Waals surface area contributed by atoms with Crippen LogP contribution in [0.25, 0.3) is 0 Å². The van der Waals surface area contributed by atoms with Gasteiger partial charge >= 0.3 is 6.09 Å². The summed E-state index contributed by atoms with van der Waals surface area (Å²) < 4.78 is 11.3. The van der Waals surface area contributed by atoms with Crippen molar-refractivity contribution in [3.05, 3.63) is 35.7 Å². The molecule has 32 heavy (non-hydrogen) atoms. The summed E-state index contributed by atoms with van der Waals surface area (Å²) in [4.78, 5) is 29.3. The van der Waals surface area contributed by atoms with Crippen molar-refractivity contribution in [3.63, 3.8) is 0 Å². The van der Waals surface area contributed by atoms with Gasteiger partial charge in [0, 0.05) is 13.1 Å². The van der Waals surface area contributed by atoms with E-state index in [9.17, 15) is 4.79 Å². The molecule has 1 amide bonds. The van der Waals surface area contributed by atoms with Crippen molar-refractivity contribution in [3.8, 4) is 5.75 Å². The smallest absolute Gasteiger partial charge is 0.417 e. The van der Waals surface area contributed by atoms with Crippen LogP contribution in [0, 0.1) is 6.92 Å². The molecule has 1 aromatic carbocycles. The number of benzene rings is 1. The van der Waals surface area contributed by atoms with Gasteiger partial charge in [-0.25, -0.2) is 9.69 Å². The average Bonchev–Trinajstić information content (AvgIpc) is 3.16. The number of anilines is 2. The first-order valence-corrected chi connectivity index (χ1v) is 11.3. The maximum Gasteiger partial charge on any atom is 0.417 e. The zero-order valence-electron chi connectivity index (χ0n) is 19.2. The lowest BCUT2D eigenvalue weighted by atomic mass is 10.1. The van der Waals surface area contributed by atoms with Crippen LogP contribution in [0.2, 0.25) is 0 Å². The van der Waals surface area contributed by atoms with Gasteiger partial charge in [0.15, 0.2) is 0 Å². The van der Waals surface area contributed by atoms with Crippen LogP contribution in [0.4, 0.5) is 16.7 Å². The molecule has 2 atom stereocenters. The molecule has 2 aliphatic heterocycles. The second-order valence-electron chi connectivity index (χ2n) is 8.57. The molecule has 0 radical (unpaired) electrons. The molecule has 9 heteroatoms. The number of aromatic nitrogens is 3. The van der Waals surface area contributed by atoms with E-state index in [1.54, 1.807) is 6.92 Å². The molecular weight excluding hydrogens is 408 g/mol. The van der Waals surface area contributed by atoms with Gasteiger partial charge in [0.2, 0.25) is 11.9 Å². The summed E-state index contributed by atoms with van der Waals surface area (Å²) >= 11 is 0. The fourth-order valence-electron chi connectivity index (χ4n) is 4.05. The first-order valence-electron chi connectivity index (χ1n) is 11.3. The third-order valence-electron chi connectivity index (χ3n) is 6.08. The van der Waals surface area contributed by atoms with Crippen molar-refractivity contribution >= 4 is 18.0 Å². The van der Waals surface area contributed by atoms with E-state index in [2.05, 4.69) is 44.3 Å². The number of hydrogen-bond donors (Lipinski definition) is 1. The maximum atomic E-state index is 12.2. The fraction of sp³-hybridized carbons (Fsp3) is 0.565. The molecule has 0 aliphatic carbocycles. The second-order valence-corrected chi connectivity index (χ2v) is 8.57. The maximum absolute atomic E-state index is 12.2. The van der Waals surface area contributed by atoms with Crippen LogP contribution in [0.5, 0.6) is 5.75 Å². The third-order valence-corrected chi connectivity index (χ3v) is 6.08. The molecule has 0 unspecified atom stereocenters. The van der Waals surface area contributed by atoms with Gasteiger partial charge < -0.3 is 19.7 Å². The van der Waals surface area contributed by atoms with Gasteiger partial charge in [0.1, 0.15) is 24.3 Å². The van der Waals surface area contributed by atoms with Crippen molar-refractivity contribution in [2.45, 2.75) is 58.2 Å². The number of amides is 1. The molecule has 2 fully saturated rings. The van der Waals surface area contributed by atoms with E-state index < -0.39 is 6.09 Å². The third kappa shape index (κ3) is 5.09. The number of piperidine rings is 1. The zero-order valence-corrected chi connectivity index (χ0v) is 19.2. The molecule has 0 saturated carbocycles. The number of aryl methyl sites for hydroxylation is 1. The lowest BCUT2D eigenvalue weighted by molar-refractivity contribution is 0.114. The monoisotopic (exact) mass is 440 g/mol. The van der Waals surface area contributed by atoms with Crippen LogP contribution >= 0.6 is 0 Å². The van der Waals surface area contributed by atoms with Crippen molar-refractivity contribution < 1.29 is 14.3 Å². The summed E-state index contributed by atoms with van der Waals surface area (Å²) in [6, 6.07) is 8.05. The number of hydrogen-bond acceptors (Lipinski definition) is 8. The summed E-state index contributed by atoms with van der Waals surface area (Å²) in [6.07, 6.45) is 2.74. The Morgan fingerprint density at radius 1 is 1.19 bits per heavy atom. The fourth-order valence-corrected chi connectivity index (χ4v) is 4.05. The van der Waals surface area contributed by atoms with Gasteiger partial charge in [-0.05, 0) is 57.9 Å². The van der Waals surface area contributed by atoms with Crippen molar-refractivity contribution in [1.29, 1.82) is 0 Å². The van der Waals surface area contributed by atoms with E-state index in [1.165, 1.54) is 4.90 Å². The predicted octanol–water partition coefficient (Wildman–Crippen LogP) is 3.56. The number of carbonyl (C=O) groups excluding carboxylic acids is 1. The van der Waals surface area contributed by atoms with Crippen LogP contribution < -0.4 is 15.0 Å². The molecule has 2 aromatic rings. The lowest BCUT2D eigenvalue weighted by Gasteiger charge is -2.29. The largest absolute Gasteiger partial charge is 0.490 e. The number of carbonyl (C=O) groups is 1. The molecular formula is C23H32N6O3. The van der Waals surface area contributed by atoms with Gasteiger partial charge in [0.25, 0.3) is 0 Å². The van der Waals surface area contributed by atoms with Gasteiger partial charge in [-0.1, -0.05) is 19.1 Å². The van der Waals surface area contributed by atoms with Crippen molar-refractivity contribution in [2.75, 3.05) is 37.0 Å². The van der Waals surface area contributed by atoms with E-state index >= 15 is 0 Å². The molecule has 1 aromatic heterocycles. The van der Waals surface area contributed by atoms with Gasteiger partial charge in [-0.3, -0.25) is 0 Å². The molecule has 0 bridgehead atoms. The van der Waals surface area contributed by atoms with Crippen molar-refractivity contribution in [2.24, 2.45) is 0 Å². The molecule has 4 rings (SSSR count). The van der Waals surface area contributed by atoms with Crippen LogP contribution in [-0.2, 0) is 4.74 Å². The SMILES string of the molecule is CC[C@H]1COC(=O)N1c1nc(C)nc(N[C@@H](C)c2ccc(OC3CCN(C)CC3)cc2)n1. The number of cyclic esters (lactones) is 1. The topological polar surface area (TPSA) is 92.7 Å². The average molecular weight is 441 g/mol. The molecule has 1 N–H and O–H groups in total. The van der Waals surface area contributed by atoms with Gasteiger partial charge in [-0.2, -0.15) is 15.0 Å². The lowest BCUT2D eigenvalue weighted by Crippen LogP contribution is -2.35. The summed E-state index contributed by atoms with van der Waals surface area (Å²) in [7, 11) is 2.15. The first kappa shape index (κ1) is 22.3. The number of likely N-dealkylation sites (tertiary alicyclic amines) is 1. The molecule has 2 saturated heterocycles. The van der Waals surface area contributed by atoms with E-state index in [-0.39, 0.29) is 18.2 Å². The Balaban J connectivity index is 1.42. The summed E-state index contributed by atoms with van der Waals surface area (Å²) in [6.45, 7) is 8.35. The van der Waals surface area contributed by atoms with Crippen molar-refractivity contribution in [1.82, 2.24) is 19.9 Å². The number of ether oxygens (including phenoxy) is 2. The Bertz CT molecular complexity index is 930. The van der Waals surface area contributed by atoms with Gasteiger partial charge in [-0.15, -0.1) is 0 Å². The summed E-state index contributed by atoms with van der Waals surface area (Å²) in [5, 5.41) is 3.33. The first-order chi connectivity index (χ1) is 15.4. The number of rotatable bonds is 7. The number of nitrogens with zero attached hydrogens (tertiary/aromatic N) is 5. The highest BCUT2D eigenvalue weighted by Crippen LogP contribution is 2.25. The molecule has 3 heterocycles. The molecule has 2 aliphatic rings. The minimum absolute atomic E-state index is 0.0328. The zero-order chi connectivity index (χ0) is 22.7. The Labute approximate surface area is 189 Å². The summed E-state index contributed by atoms with van der Waals surface area (Å²) in [5.74, 6) is 2.19. The second kappa shape index (κ2) is 9.68. The highest BCUT2D eigenvalue weighted by Gasteiger charge is 2.35. The van der Waals surface area contributed by atoms with Crippen LogP contribution in [0.1, 0.15) is 50.5 Å². The van der Waals surface area contributed by atoms with Crippen LogP contribution in [0.3, 0.4) is 0 Å². The highest BCUT2D eigenvalue weighted by molar-refractivity contribution is 5.88. The van der Waals surface area contributed by atoms with Crippen LogP contribution in [-0.4, -0.2) is 64.8 Å². The highest BCUT2D eigenvalue weighted by atomic mass is 16.6. The Morgan fingerprint density at radius 2 is 1.91 bits per heavy atom. The normalized spacial score (nSPS) is 20.8. The quantitative estimate of drug-likeness (QED) is 0.699. The molecule has 172 valence electrons. The van der Waals surface area contributed by atoms with Gasteiger partial charge in [0.05, 0.1) is 12.1 Å². The molecule has 0 spiro atoms. The van der Waals surface area contributed by atoms with E-state index in [1.807, 2.05) is 26.0 Å². The Kier molecular flexibility index (Phi) is 6.74. The molecule has 9 nitrogen and oxygen atoms in total. The standard InChI is InChI=1S/C23H32N6O3/c1-5-18-14-31-23(30)29(18)22-26-16(3)25-21(27-22)24-15(2)17-6-8-19(9-7-17)32-20-10-12-28(4)13-11-20/h6-9,15,18,20H,5,10-14H2,1-4H3,(H,24,25,26,27)/t15-,18-/m0/s1. The minimum atomic E-state index is -0.415. The van der Waals surface area contributed by atoms with Crippen LogP contribution in [0.15, 0.2) is 24.3 Å².